The summed E-state index contributed by atoms with van der Waals surface area (Å²) in [7, 11) is 0. The predicted octanol–water partition coefficient (Wildman–Crippen LogP) is 4.77. The molecule has 0 bridgehead atoms. The van der Waals surface area contributed by atoms with Gasteiger partial charge in [-0.25, -0.2) is 4.39 Å². The normalized spacial score (nSPS) is 10.6. The molecule has 0 saturated carbocycles. The molecule has 106 valence electrons. The van der Waals surface area contributed by atoms with Gasteiger partial charge in [0, 0.05) is 12.6 Å². The molecule has 0 atom stereocenters. The molecule has 0 heterocycles. The zero-order chi connectivity index (χ0) is 14.4. The summed E-state index contributed by atoms with van der Waals surface area (Å²) in [4.78, 5) is 0. The Balaban J connectivity index is 2.05. The Hall–Kier alpha value is -1.58. The van der Waals surface area contributed by atoms with Gasteiger partial charge in [-0.3, -0.25) is 0 Å². The quantitative estimate of drug-likeness (QED) is 0.775. The summed E-state index contributed by atoms with van der Waals surface area (Å²) in [5.74, 6) is 0.787. The fourth-order valence-electron chi connectivity index (χ4n) is 1.80. The molecule has 2 nitrogen and oxygen atoms in total. The van der Waals surface area contributed by atoms with Crippen molar-refractivity contribution in [3.05, 3.63) is 58.9 Å². The zero-order valence-electron chi connectivity index (χ0n) is 11.3. The van der Waals surface area contributed by atoms with E-state index in [1.165, 1.54) is 12.1 Å². The minimum atomic E-state index is -0.448. The number of benzene rings is 2. The van der Waals surface area contributed by atoms with E-state index < -0.39 is 5.82 Å². The first-order chi connectivity index (χ1) is 9.69. The summed E-state index contributed by atoms with van der Waals surface area (Å²) in [5, 5.41) is 3.39. The minimum Gasteiger partial charge on any atom is -0.457 e. The molecule has 0 aliphatic rings. The van der Waals surface area contributed by atoms with Gasteiger partial charge in [-0.2, -0.15) is 0 Å². The van der Waals surface area contributed by atoms with Crippen LogP contribution in [0.1, 0.15) is 18.9 Å². The van der Waals surface area contributed by atoms with Gasteiger partial charge in [0.05, 0.1) is 5.02 Å². The van der Waals surface area contributed by atoms with Crippen molar-refractivity contribution in [3.8, 4) is 11.5 Å². The van der Waals surface area contributed by atoms with Crippen molar-refractivity contribution in [1.82, 2.24) is 5.32 Å². The maximum atomic E-state index is 13.1. The lowest BCUT2D eigenvalue weighted by Gasteiger charge is -2.09. The third kappa shape index (κ3) is 4.22. The number of hydrogen-bond acceptors (Lipinski definition) is 2. The van der Waals surface area contributed by atoms with E-state index in [4.69, 9.17) is 16.3 Å². The molecule has 0 aromatic heterocycles. The molecule has 0 aliphatic heterocycles. The highest BCUT2D eigenvalue weighted by molar-refractivity contribution is 6.30. The molecular weight excluding hydrogens is 277 g/mol. The van der Waals surface area contributed by atoms with Crippen LogP contribution in [-0.4, -0.2) is 6.54 Å². The third-order valence-electron chi connectivity index (χ3n) is 2.78. The van der Waals surface area contributed by atoms with E-state index >= 15 is 0 Å². The van der Waals surface area contributed by atoms with Crippen molar-refractivity contribution in [2.45, 2.75) is 19.9 Å². The Morgan fingerprint density at radius 3 is 2.70 bits per heavy atom. The maximum Gasteiger partial charge on any atom is 0.142 e. The van der Waals surface area contributed by atoms with E-state index in [0.717, 1.165) is 25.1 Å². The van der Waals surface area contributed by atoms with Gasteiger partial charge in [-0.1, -0.05) is 30.7 Å². The second-order valence-corrected chi connectivity index (χ2v) is 4.91. The van der Waals surface area contributed by atoms with Crippen molar-refractivity contribution in [1.29, 1.82) is 0 Å². The van der Waals surface area contributed by atoms with E-state index in [2.05, 4.69) is 12.2 Å². The number of rotatable bonds is 6. The van der Waals surface area contributed by atoms with Gasteiger partial charge in [0.2, 0.25) is 0 Å². The number of ether oxygens (including phenoxy) is 1. The Labute approximate surface area is 123 Å². The van der Waals surface area contributed by atoms with Crippen LogP contribution in [0.5, 0.6) is 11.5 Å². The molecular formula is C16H17ClFNO. The predicted molar refractivity (Wildman–Crippen MR) is 79.9 cm³/mol. The Morgan fingerprint density at radius 1 is 1.15 bits per heavy atom. The Morgan fingerprint density at radius 2 is 1.95 bits per heavy atom. The van der Waals surface area contributed by atoms with E-state index in [0.29, 0.717) is 11.5 Å². The van der Waals surface area contributed by atoms with E-state index in [-0.39, 0.29) is 5.02 Å². The van der Waals surface area contributed by atoms with Gasteiger partial charge in [0.15, 0.2) is 0 Å². The molecule has 0 radical (unpaired) electrons. The molecule has 0 saturated heterocycles. The van der Waals surface area contributed by atoms with Crippen LogP contribution in [0.25, 0.3) is 0 Å². The van der Waals surface area contributed by atoms with Crippen LogP contribution in [0.15, 0.2) is 42.5 Å². The SMILES string of the molecule is CCCNCc1cccc(Oc2ccc(F)c(Cl)c2)c1. The second kappa shape index (κ2) is 7.27. The molecule has 0 aliphatic carbocycles. The largest absolute Gasteiger partial charge is 0.457 e. The van der Waals surface area contributed by atoms with E-state index in [9.17, 15) is 4.39 Å². The molecule has 2 aromatic rings. The molecule has 2 rings (SSSR count). The van der Waals surface area contributed by atoms with Crippen LogP contribution >= 0.6 is 11.6 Å². The Kier molecular flexibility index (Phi) is 5.39. The first kappa shape index (κ1) is 14.8. The van der Waals surface area contributed by atoms with Crippen LogP contribution in [0.4, 0.5) is 4.39 Å². The summed E-state index contributed by atoms with van der Waals surface area (Å²) < 4.78 is 18.8. The molecule has 0 fully saturated rings. The highest BCUT2D eigenvalue weighted by Crippen LogP contribution is 2.26. The fourth-order valence-corrected chi connectivity index (χ4v) is 1.98. The summed E-state index contributed by atoms with van der Waals surface area (Å²) in [5.41, 5.74) is 1.14. The molecule has 0 spiro atoms. The first-order valence-corrected chi connectivity index (χ1v) is 6.99. The van der Waals surface area contributed by atoms with Crippen molar-refractivity contribution >= 4 is 11.6 Å². The number of halogens is 2. The zero-order valence-corrected chi connectivity index (χ0v) is 12.1. The summed E-state index contributed by atoms with van der Waals surface area (Å²) in [6.07, 6.45) is 1.10. The van der Waals surface area contributed by atoms with Gasteiger partial charge in [0.25, 0.3) is 0 Å². The number of nitrogens with one attached hydrogen (secondary N) is 1. The second-order valence-electron chi connectivity index (χ2n) is 4.50. The van der Waals surface area contributed by atoms with Crippen LogP contribution in [0.2, 0.25) is 5.02 Å². The van der Waals surface area contributed by atoms with Crippen LogP contribution in [0.3, 0.4) is 0 Å². The molecule has 20 heavy (non-hydrogen) atoms. The molecule has 0 unspecified atom stereocenters. The average Bonchev–Trinajstić information content (AvgIpc) is 2.44. The monoisotopic (exact) mass is 293 g/mol. The fraction of sp³-hybridized carbons (Fsp3) is 0.250. The topological polar surface area (TPSA) is 21.3 Å². The lowest BCUT2D eigenvalue weighted by Crippen LogP contribution is -2.13. The van der Waals surface area contributed by atoms with Crippen molar-refractivity contribution in [2.75, 3.05) is 6.54 Å². The minimum absolute atomic E-state index is 0.0586. The Bertz CT molecular complexity index is 574. The van der Waals surface area contributed by atoms with Gasteiger partial charge in [-0.05, 0) is 42.8 Å². The van der Waals surface area contributed by atoms with Gasteiger partial charge in [-0.15, -0.1) is 0 Å². The first-order valence-electron chi connectivity index (χ1n) is 6.61. The van der Waals surface area contributed by atoms with E-state index in [1.54, 1.807) is 6.07 Å². The molecule has 2 aromatic carbocycles. The smallest absolute Gasteiger partial charge is 0.142 e. The van der Waals surface area contributed by atoms with Gasteiger partial charge < -0.3 is 10.1 Å². The molecule has 1 N–H and O–H groups in total. The lowest BCUT2D eigenvalue weighted by molar-refractivity contribution is 0.479. The highest BCUT2D eigenvalue weighted by atomic mass is 35.5. The highest BCUT2D eigenvalue weighted by Gasteiger charge is 2.03. The molecule has 0 amide bonds. The average molecular weight is 294 g/mol. The third-order valence-corrected chi connectivity index (χ3v) is 3.07. The molecule has 4 heteroatoms. The summed E-state index contributed by atoms with van der Waals surface area (Å²) >= 11 is 5.73. The van der Waals surface area contributed by atoms with Gasteiger partial charge >= 0.3 is 0 Å². The van der Waals surface area contributed by atoms with Crippen molar-refractivity contribution < 1.29 is 9.13 Å². The number of hydrogen-bond donors (Lipinski definition) is 1. The van der Waals surface area contributed by atoms with E-state index in [1.807, 2.05) is 24.3 Å². The van der Waals surface area contributed by atoms with Crippen LogP contribution in [-0.2, 0) is 6.54 Å². The van der Waals surface area contributed by atoms with Crippen molar-refractivity contribution in [2.24, 2.45) is 0 Å². The summed E-state index contributed by atoms with van der Waals surface area (Å²) in [6.45, 7) is 3.92. The van der Waals surface area contributed by atoms with Crippen molar-refractivity contribution in [3.63, 3.8) is 0 Å². The van der Waals surface area contributed by atoms with Gasteiger partial charge in [0.1, 0.15) is 17.3 Å². The van der Waals surface area contributed by atoms with Crippen LogP contribution in [0, 0.1) is 5.82 Å². The maximum absolute atomic E-state index is 13.1. The summed E-state index contributed by atoms with van der Waals surface area (Å²) in [6, 6.07) is 12.1. The van der Waals surface area contributed by atoms with Crippen LogP contribution < -0.4 is 10.1 Å². The standard InChI is InChI=1S/C16H17ClFNO/c1-2-8-19-11-12-4-3-5-13(9-12)20-14-6-7-16(18)15(17)10-14/h3-7,9-10,19H,2,8,11H2,1H3. The lowest BCUT2D eigenvalue weighted by atomic mass is 10.2.